The molecule has 0 bridgehead atoms. The molecular formula is C18H25NO2. The number of hydrogen-bond acceptors (Lipinski definition) is 2. The summed E-state index contributed by atoms with van der Waals surface area (Å²) in [5.74, 6) is 0.103. The third-order valence-electron chi connectivity index (χ3n) is 5.33. The van der Waals surface area contributed by atoms with E-state index in [2.05, 4.69) is 17.4 Å². The zero-order chi connectivity index (χ0) is 14.8. The highest BCUT2D eigenvalue weighted by atomic mass is 16.3. The van der Waals surface area contributed by atoms with Crippen LogP contribution in [0.1, 0.15) is 56.9 Å². The summed E-state index contributed by atoms with van der Waals surface area (Å²) in [4.78, 5) is 12.8. The first-order valence-corrected chi connectivity index (χ1v) is 8.21. The SMILES string of the molecule is O=C(NCC1(O)CCCC1)C1(c2ccccc2)CCCC1. The molecule has 3 nitrogen and oxygen atoms in total. The molecule has 1 aromatic rings. The van der Waals surface area contributed by atoms with Crippen LogP contribution >= 0.6 is 0 Å². The Labute approximate surface area is 126 Å². The van der Waals surface area contributed by atoms with Crippen molar-refractivity contribution in [2.24, 2.45) is 0 Å². The van der Waals surface area contributed by atoms with Crippen molar-refractivity contribution in [3.63, 3.8) is 0 Å². The van der Waals surface area contributed by atoms with E-state index in [4.69, 9.17) is 0 Å². The highest BCUT2D eigenvalue weighted by Crippen LogP contribution is 2.41. The lowest BCUT2D eigenvalue weighted by molar-refractivity contribution is -0.127. The van der Waals surface area contributed by atoms with Crippen molar-refractivity contribution in [2.75, 3.05) is 6.54 Å². The van der Waals surface area contributed by atoms with Gasteiger partial charge in [-0.2, -0.15) is 0 Å². The van der Waals surface area contributed by atoms with Gasteiger partial charge in [0.1, 0.15) is 0 Å². The summed E-state index contributed by atoms with van der Waals surface area (Å²) in [7, 11) is 0. The van der Waals surface area contributed by atoms with Crippen molar-refractivity contribution in [3.05, 3.63) is 35.9 Å². The van der Waals surface area contributed by atoms with Crippen LogP contribution in [0.5, 0.6) is 0 Å². The van der Waals surface area contributed by atoms with E-state index in [1.807, 2.05) is 18.2 Å². The average molecular weight is 287 g/mol. The van der Waals surface area contributed by atoms with Crippen molar-refractivity contribution in [2.45, 2.75) is 62.4 Å². The molecule has 0 spiro atoms. The van der Waals surface area contributed by atoms with E-state index < -0.39 is 5.60 Å². The quantitative estimate of drug-likeness (QED) is 0.894. The van der Waals surface area contributed by atoms with Gasteiger partial charge in [0.2, 0.25) is 5.91 Å². The van der Waals surface area contributed by atoms with Gasteiger partial charge in [-0.15, -0.1) is 0 Å². The fraction of sp³-hybridized carbons (Fsp3) is 0.611. The number of carbonyl (C=O) groups is 1. The predicted molar refractivity (Wildman–Crippen MR) is 83.0 cm³/mol. The first-order valence-electron chi connectivity index (χ1n) is 8.21. The molecule has 2 fully saturated rings. The largest absolute Gasteiger partial charge is 0.388 e. The van der Waals surface area contributed by atoms with E-state index in [0.717, 1.165) is 56.9 Å². The molecule has 0 atom stereocenters. The van der Waals surface area contributed by atoms with Crippen molar-refractivity contribution in [3.8, 4) is 0 Å². The zero-order valence-electron chi connectivity index (χ0n) is 12.6. The fourth-order valence-corrected chi connectivity index (χ4v) is 4.01. The lowest BCUT2D eigenvalue weighted by Crippen LogP contribution is -2.48. The van der Waals surface area contributed by atoms with Gasteiger partial charge in [0.25, 0.3) is 0 Å². The maximum Gasteiger partial charge on any atom is 0.230 e. The van der Waals surface area contributed by atoms with Crippen molar-refractivity contribution in [1.29, 1.82) is 0 Å². The molecule has 0 aliphatic heterocycles. The minimum atomic E-state index is -0.674. The summed E-state index contributed by atoms with van der Waals surface area (Å²) in [5, 5.41) is 13.5. The van der Waals surface area contributed by atoms with E-state index in [9.17, 15) is 9.90 Å². The van der Waals surface area contributed by atoms with Gasteiger partial charge in [-0.25, -0.2) is 0 Å². The Bertz CT molecular complexity index is 485. The second-order valence-corrected chi connectivity index (χ2v) is 6.77. The van der Waals surface area contributed by atoms with E-state index in [1.54, 1.807) is 0 Å². The highest BCUT2D eigenvalue weighted by molar-refractivity contribution is 5.88. The Kier molecular flexibility index (Phi) is 4.03. The van der Waals surface area contributed by atoms with Crippen LogP contribution < -0.4 is 5.32 Å². The van der Waals surface area contributed by atoms with Crippen LogP contribution in [-0.4, -0.2) is 23.2 Å². The standard InChI is InChI=1S/C18H25NO2/c20-16(19-14-17(21)10-4-5-11-17)18(12-6-7-13-18)15-8-2-1-3-9-15/h1-3,8-9,21H,4-7,10-14H2,(H,19,20). The van der Waals surface area contributed by atoms with E-state index in [1.165, 1.54) is 0 Å². The molecular weight excluding hydrogens is 262 g/mol. The average Bonchev–Trinajstić information content (AvgIpc) is 3.16. The van der Waals surface area contributed by atoms with Crippen molar-refractivity contribution < 1.29 is 9.90 Å². The summed E-state index contributed by atoms with van der Waals surface area (Å²) < 4.78 is 0. The van der Waals surface area contributed by atoms with Gasteiger partial charge < -0.3 is 10.4 Å². The molecule has 3 heteroatoms. The van der Waals surface area contributed by atoms with Crippen LogP contribution in [0.15, 0.2) is 30.3 Å². The molecule has 2 aliphatic rings. The normalized spacial score (nSPS) is 23.1. The number of carbonyl (C=O) groups excluding carboxylic acids is 1. The highest BCUT2D eigenvalue weighted by Gasteiger charge is 2.43. The first kappa shape index (κ1) is 14.6. The van der Waals surface area contributed by atoms with Gasteiger partial charge >= 0.3 is 0 Å². The number of nitrogens with one attached hydrogen (secondary N) is 1. The second kappa shape index (κ2) is 5.80. The van der Waals surface area contributed by atoms with Crippen LogP contribution in [0, 0.1) is 0 Å². The molecule has 0 aromatic heterocycles. The van der Waals surface area contributed by atoms with Gasteiger partial charge in [0.05, 0.1) is 11.0 Å². The summed E-state index contributed by atoms with van der Waals surface area (Å²) in [6.45, 7) is 0.403. The number of aliphatic hydroxyl groups is 1. The molecule has 21 heavy (non-hydrogen) atoms. The summed E-state index contributed by atoms with van der Waals surface area (Å²) in [6, 6.07) is 10.1. The lowest BCUT2D eigenvalue weighted by atomic mass is 9.78. The third kappa shape index (κ3) is 2.84. The molecule has 2 aliphatic carbocycles. The monoisotopic (exact) mass is 287 g/mol. The van der Waals surface area contributed by atoms with Crippen LogP contribution in [0.25, 0.3) is 0 Å². The number of amides is 1. The van der Waals surface area contributed by atoms with E-state index >= 15 is 0 Å². The Hall–Kier alpha value is -1.35. The minimum absolute atomic E-state index is 0.103. The molecule has 2 saturated carbocycles. The van der Waals surface area contributed by atoms with Crippen LogP contribution in [-0.2, 0) is 10.2 Å². The van der Waals surface area contributed by atoms with Crippen LogP contribution in [0.2, 0.25) is 0 Å². The summed E-state index contributed by atoms with van der Waals surface area (Å²) in [6.07, 6.45) is 7.80. The smallest absolute Gasteiger partial charge is 0.230 e. The Balaban J connectivity index is 1.74. The number of hydrogen-bond donors (Lipinski definition) is 2. The Morgan fingerprint density at radius 1 is 1.00 bits per heavy atom. The van der Waals surface area contributed by atoms with E-state index in [-0.39, 0.29) is 11.3 Å². The molecule has 114 valence electrons. The number of rotatable bonds is 4. The Morgan fingerprint density at radius 3 is 2.19 bits per heavy atom. The fourth-order valence-electron chi connectivity index (χ4n) is 4.01. The maximum atomic E-state index is 12.8. The molecule has 1 amide bonds. The molecule has 1 aromatic carbocycles. The molecule has 3 rings (SSSR count). The second-order valence-electron chi connectivity index (χ2n) is 6.77. The third-order valence-corrected chi connectivity index (χ3v) is 5.33. The van der Waals surface area contributed by atoms with Gasteiger partial charge in [-0.3, -0.25) is 4.79 Å². The van der Waals surface area contributed by atoms with Gasteiger partial charge in [0, 0.05) is 6.54 Å². The molecule has 0 radical (unpaired) electrons. The van der Waals surface area contributed by atoms with Crippen molar-refractivity contribution >= 4 is 5.91 Å². The van der Waals surface area contributed by atoms with Gasteiger partial charge in [-0.05, 0) is 31.2 Å². The van der Waals surface area contributed by atoms with Crippen LogP contribution in [0.4, 0.5) is 0 Å². The van der Waals surface area contributed by atoms with Gasteiger partial charge in [0.15, 0.2) is 0 Å². The maximum absolute atomic E-state index is 12.8. The molecule has 0 heterocycles. The van der Waals surface area contributed by atoms with Gasteiger partial charge in [-0.1, -0.05) is 56.0 Å². The predicted octanol–water partition coefficient (Wildman–Crippen LogP) is 2.92. The topological polar surface area (TPSA) is 49.3 Å². The number of benzene rings is 1. The minimum Gasteiger partial charge on any atom is -0.388 e. The van der Waals surface area contributed by atoms with E-state index in [0.29, 0.717) is 6.54 Å². The summed E-state index contributed by atoms with van der Waals surface area (Å²) in [5.41, 5.74) is 0.0703. The Morgan fingerprint density at radius 2 is 1.57 bits per heavy atom. The molecule has 2 N–H and O–H groups in total. The first-order chi connectivity index (χ1) is 10.1. The van der Waals surface area contributed by atoms with Crippen molar-refractivity contribution in [1.82, 2.24) is 5.32 Å². The molecule has 0 unspecified atom stereocenters. The molecule has 0 saturated heterocycles. The summed E-state index contributed by atoms with van der Waals surface area (Å²) >= 11 is 0. The zero-order valence-corrected chi connectivity index (χ0v) is 12.6. The van der Waals surface area contributed by atoms with Crippen LogP contribution in [0.3, 0.4) is 0 Å². The lowest BCUT2D eigenvalue weighted by Gasteiger charge is -2.31.